The Bertz CT molecular complexity index is 200. The summed E-state index contributed by atoms with van der Waals surface area (Å²) in [6.07, 6.45) is 7.70. The van der Waals surface area contributed by atoms with E-state index in [1.54, 1.807) is 7.11 Å². The molecule has 0 aromatic rings. The molecule has 0 bridgehead atoms. The Morgan fingerprint density at radius 2 is 1.85 bits per heavy atom. The van der Waals surface area contributed by atoms with Crippen LogP contribution in [0.25, 0.3) is 0 Å². The number of ether oxygens (including phenoxy) is 1. The first-order valence-corrected chi connectivity index (χ1v) is 5.38. The summed E-state index contributed by atoms with van der Waals surface area (Å²) in [5, 5.41) is 0. The minimum absolute atomic E-state index is 0.345. The molecular formula is C11H18O2. The Hall–Kier alpha value is -0.370. The molecule has 0 amide bonds. The topological polar surface area (TPSA) is 26.3 Å². The summed E-state index contributed by atoms with van der Waals surface area (Å²) in [6, 6.07) is 0. The molecule has 0 unspecified atom stereocenters. The van der Waals surface area contributed by atoms with Gasteiger partial charge in [-0.05, 0) is 25.7 Å². The predicted molar refractivity (Wildman–Crippen MR) is 50.6 cm³/mol. The van der Waals surface area contributed by atoms with Gasteiger partial charge >= 0.3 is 0 Å². The van der Waals surface area contributed by atoms with Crippen LogP contribution in [0.3, 0.4) is 0 Å². The number of methoxy groups -OCH3 is 1. The highest BCUT2D eigenvalue weighted by Gasteiger charge is 2.46. The highest BCUT2D eigenvalue weighted by atomic mass is 16.5. The van der Waals surface area contributed by atoms with Crippen molar-refractivity contribution in [2.45, 2.75) is 50.5 Å². The van der Waals surface area contributed by atoms with Gasteiger partial charge < -0.3 is 4.74 Å². The van der Waals surface area contributed by atoms with Gasteiger partial charge in [-0.1, -0.05) is 19.3 Å². The van der Waals surface area contributed by atoms with Gasteiger partial charge in [0.25, 0.3) is 0 Å². The lowest BCUT2D eigenvalue weighted by atomic mass is 9.80. The van der Waals surface area contributed by atoms with E-state index in [1.807, 2.05) is 0 Å². The molecular weight excluding hydrogens is 164 g/mol. The second-order valence-corrected chi connectivity index (χ2v) is 4.40. The van der Waals surface area contributed by atoms with Crippen molar-refractivity contribution in [3.05, 3.63) is 0 Å². The maximum atomic E-state index is 12.0. The molecule has 2 rings (SSSR count). The van der Waals surface area contributed by atoms with E-state index >= 15 is 0 Å². The van der Waals surface area contributed by atoms with Crippen molar-refractivity contribution in [3.8, 4) is 0 Å². The summed E-state index contributed by atoms with van der Waals surface area (Å²) in [7, 11) is 1.70. The van der Waals surface area contributed by atoms with Crippen molar-refractivity contribution >= 4 is 5.78 Å². The van der Waals surface area contributed by atoms with Gasteiger partial charge in [0, 0.05) is 13.0 Å². The zero-order valence-corrected chi connectivity index (χ0v) is 8.34. The molecule has 0 N–H and O–H groups in total. The largest absolute Gasteiger partial charge is 0.370 e. The molecule has 0 saturated heterocycles. The standard InChI is InChI=1S/C11H18O2/c1-13-11(7-3-2-4-8-11)10(12)9-5-6-9/h9H,2-8H2,1H3. The lowest BCUT2D eigenvalue weighted by molar-refractivity contribution is -0.146. The van der Waals surface area contributed by atoms with E-state index in [-0.39, 0.29) is 5.60 Å². The van der Waals surface area contributed by atoms with Gasteiger partial charge in [-0.3, -0.25) is 4.79 Å². The van der Waals surface area contributed by atoms with Crippen LogP contribution in [0.15, 0.2) is 0 Å². The Kier molecular flexibility index (Phi) is 2.41. The predicted octanol–water partition coefficient (Wildman–Crippen LogP) is 2.31. The normalized spacial score (nSPS) is 27.2. The average Bonchev–Trinajstić information content (AvgIpc) is 3.01. The van der Waals surface area contributed by atoms with Crippen LogP contribution in [0.1, 0.15) is 44.9 Å². The molecule has 74 valence electrons. The van der Waals surface area contributed by atoms with Crippen LogP contribution in [0.4, 0.5) is 0 Å². The number of rotatable bonds is 3. The van der Waals surface area contributed by atoms with Crippen molar-refractivity contribution < 1.29 is 9.53 Å². The summed E-state index contributed by atoms with van der Waals surface area (Å²) in [5.74, 6) is 0.743. The third-order valence-corrected chi connectivity index (χ3v) is 3.45. The van der Waals surface area contributed by atoms with E-state index in [1.165, 1.54) is 6.42 Å². The number of hydrogen-bond donors (Lipinski definition) is 0. The molecule has 0 aromatic carbocycles. The van der Waals surface area contributed by atoms with Crippen molar-refractivity contribution in [1.82, 2.24) is 0 Å². The van der Waals surface area contributed by atoms with E-state index in [2.05, 4.69) is 0 Å². The van der Waals surface area contributed by atoms with Crippen LogP contribution >= 0.6 is 0 Å². The molecule has 0 heterocycles. The highest BCUT2D eigenvalue weighted by molar-refractivity contribution is 5.91. The number of carbonyl (C=O) groups is 1. The van der Waals surface area contributed by atoms with Gasteiger partial charge in [-0.2, -0.15) is 0 Å². The second kappa shape index (κ2) is 3.41. The molecule has 13 heavy (non-hydrogen) atoms. The fourth-order valence-corrected chi connectivity index (χ4v) is 2.39. The number of ketones is 1. The summed E-state index contributed by atoms with van der Waals surface area (Å²) in [4.78, 5) is 12.0. The van der Waals surface area contributed by atoms with Crippen LogP contribution in [0.2, 0.25) is 0 Å². The molecule has 0 aliphatic heterocycles. The first kappa shape index (κ1) is 9.20. The third-order valence-electron chi connectivity index (χ3n) is 3.45. The molecule has 0 atom stereocenters. The number of Topliss-reactive ketones (excluding diaryl/α,β-unsaturated/α-hetero) is 1. The minimum atomic E-state index is -0.376. The molecule has 0 spiro atoms. The second-order valence-electron chi connectivity index (χ2n) is 4.40. The molecule has 0 aromatic heterocycles. The Morgan fingerprint density at radius 3 is 2.31 bits per heavy atom. The van der Waals surface area contributed by atoms with Crippen molar-refractivity contribution in [3.63, 3.8) is 0 Å². The third kappa shape index (κ3) is 1.64. The minimum Gasteiger partial charge on any atom is -0.370 e. The summed E-state index contributed by atoms with van der Waals surface area (Å²) in [6.45, 7) is 0. The number of hydrogen-bond acceptors (Lipinski definition) is 2. The van der Waals surface area contributed by atoms with E-state index in [0.29, 0.717) is 11.7 Å². The molecule has 2 aliphatic rings. The fraction of sp³-hybridized carbons (Fsp3) is 0.909. The Labute approximate surface area is 79.7 Å². The van der Waals surface area contributed by atoms with Gasteiger partial charge in [0.1, 0.15) is 5.60 Å². The van der Waals surface area contributed by atoms with Gasteiger partial charge in [0.05, 0.1) is 0 Å². The Balaban J connectivity index is 2.07. The summed E-state index contributed by atoms with van der Waals surface area (Å²) >= 11 is 0. The van der Waals surface area contributed by atoms with E-state index in [9.17, 15) is 4.79 Å². The van der Waals surface area contributed by atoms with Crippen LogP contribution in [0, 0.1) is 5.92 Å². The molecule has 2 aliphatic carbocycles. The maximum Gasteiger partial charge on any atom is 0.167 e. The quantitative estimate of drug-likeness (QED) is 0.669. The zero-order valence-electron chi connectivity index (χ0n) is 8.34. The lowest BCUT2D eigenvalue weighted by Crippen LogP contribution is -2.43. The van der Waals surface area contributed by atoms with E-state index in [0.717, 1.165) is 38.5 Å². The number of carbonyl (C=O) groups excluding carboxylic acids is 1. The van der Waals surface area contributed by atoms with Crippen LogP contribution in [0.5, 0.6) is 0 Å². The van der Waals surface area contributed by atoms with Gasteiger partial charge in [0.2, 0.25) is 0 Å². The Morgan fingerprint density at radius 1 is 1.23 bits per heavy atom. The fourth-order valence-electron chi connectivity index (χ4n) is 2.39. The first-order chi connectivity index (χ1) is 6.28. The van der Waals surface area contributed by atoms with Crippen molar-refractivity contribution in [1.29, 1.82) is 0 Å². The van der Waals surface area contributed by atoms with Crippen LogP contribution in [-0.2, 0) is 9.53 Å². The lowest BCUT2D eigenvalue weighted by Gasteiger charge is -2.34. The van der Waals surface area contributed by atoms with Crippen molar-refractivity contribution in [2.75, 3.05) is 7.11 Å². The molecule has 2 saturated carbocycles. The van der Waals surface area contributed by atoms with Crippen molar-refractivity contribution in [2.24, 2.45) is 5.92 Å². The molecule has 2 heteroatoms. The summed E-state index contributed by atoms with van der Waals surface area (Å²) in [5.41, 5.74) is -0.376. The zero-order chi connectivity index (χ0) is 9.31. The molecule has 2 nitrogen and oxygen atoms in total. The first-order valence-electron chi connectivity index (χ1n) is 5.38. The molecule has 2 fully saturated rings. The van der Waals surface area contributed by atoms with E-state index in [4.69, 9.17) is 4.74 Å². The average molecular weight is 182 g/mol. The summed E-state index contributed by atoms with van der Waals surface area (Å²) < 4.78 is 5.49. The maximum absolute atomic E-state index is 12.0. The highest BCUT2D eigenvalue weighted by Crippen LogP contribution is 2.41. The van der Waals surface area contributed by atoms with Gasteiger partial charge in [-0.25, -0.2) is 0 Å². The van der Waals surface area contributed by atoms with Gasteiger partial charge in [-0.15, -0.1) is 0 Å². The molecule has 0 radical (unpaired) electrons. The monoisotopic (exact) mass is 182 g/mol. The van der Waals surface area contributed by atoms with Gasteiger partial charge in [0.15, 0.2) is 5.78 Å². The SMILES string of the molecule is COC1(C(=O)C2CC2)CCCCC1. The van der Waals surface area contributed by atoms with Crippen LogP contribution < -0.4 is 0 Å². The van der Waals surface area contributed by atoms with E-state index < -0.39 is 0 Å². The smallest absolute Gasteiger partial charge is 0.167 e. The van der Waals surface area contributed by atoms with Crippen LogP contribution in [-0.4, -0.2) is 18.5 Å².